The third kappa shape index (κ3) is 1.42. The van der Waals surface area contributed by atoms with Crippen LogP contribution in [0.15, 0.2) is 0 Å². The number of carbonyl (C=O) groups is 3. The van der Waals surface area contributed by atoms with Gasteiger partial charge >= 0.3 is 17.9 Å². The van der Waals surface area contributed by atoms with Crippen LogP contribution < -0.4 is 0 Å². The van der Waals surface area contributed by atoms with Gasteiger partial charge in [0, 0.05) is 5.92 Å². The molecule has 2 heterocycles. The van der Waals surface area contributed by atoms with Crippen molar-refractivity contribution in [2.24, 2.45) is 59.2 Å². The summed E-state index contributed by atoms with van der Waals surface area (Å²) >= 11 is 0. The number of hydrogen-bond acceptors (Lipinski definition) is 6. The molecule has 2 aliphatic heterocycles. The summed E-state index contributed by atoms with van der Waals surface area (Å²) in [6.45, 7) is 0. The lowest BCUT2D eigenvalue weighted by molar-refractivity contribution is -0.159. The van der Waals surface area contributed by atoms with Gasteiger partial charge in [-0.05, 0) is 61.2 Å². The lowest BCUT2D eigenvalue weighted by Crippen LogP contribution is -2.39. The van der Waals surface area contributed by atoms with Crippen LogP contribution in [0.2, 0.25) is 0 Å². The number of hydrogen-bond donors (Lipinski definition) is 1. The lowest BCUT2D eigenvalue weighted by atomic mass is 9.63. The van der Waals surface area contributed by atoms with E-state index in [-0.39, 0.29) is 59.3 Å². The molecule has 11 unspecified atom stereocenters. The molecule has 2 saturated heterocycles. The molecule has 24 heavy (non-hydrogen) atoms. The topological polar surface area (TPSA) is 89.9 Å². The van der Waals surface area contributed by atoms with E-state index in [1.165, 1.54) is 0 Å². The van der Waals surface area contributed by atoms with Crippen LogP contribution in [0, 0.1) is 59.2 Å². The van der Waals surface area contributed by atoms with E-state index in [1.807, 2.05) is 0 Å². The molecule has 0 amide bonds. The summed E-state index contributed by atoms with van der Waals surface area (Å²) in [5, 5.41) is 9.99. The molecule has 6 nitrogen and oxygen atoms in total. The predicted molar refractivity (Wildman–Crippen MR) is 76.6 cm³/mol. The molecule has 6 rings (SSSR count). The summed E-state index contributed by atoms with van der Waals surface area (Å²) in [7, 11) is 0. The highest BCUT2D eigenvalue weighted by molar-refractivity contribution is 5.97. The van der Waals surface area contributed by atoms with Gasteiger partial charge in [-0.25, -0.2) is 0 Å². The average molecular weight is 332 g/mol. The van der Waals surface area contributed by atoms with E-state index in [0.717, 1.165) is 25.7 Å². The Labute approximate surface area is 138 Å². The van der Waals surface area contributed by atoms with E-state index in [1.54, 1.807) is 0 Å². The number of carbonyl (C=O) groups excluding carboxylic acids is 3. The maximum atomic E-state index is 12.2. The summed E-state index contributed by atoms with van der Waals surface area (Å²) in [5.74, 6) is 0.499. The van der Waals surface area contributed by atoms with Crippen LogP contribution >= 0.6 is 0 Å². The van der Waals surface area contributed by atoms with Gasteiger partial charge < -0.3 is 14.6 Å². The lowest BCUT2D eigenvalue weighted by Gasteiger charge is -2.38. The zero-order valence-corrected chi connectivity index (χ0v) is 13.2. The number of ether oxygens (including phenoxy) is 2. The van der Waals surface area contributed by atoms with Crippen LogP contribution in [-0.2, 0) is 23.9 Å². The van der Waals surface area contributed by atoms with E-state index < -0.39 is 6.29 Å². The fourth-order valence-corrected chi connectivity index (χ4v) is 7.76. The molecule has 0 aromatic rings. The Bertz CT molecular complexity index is 672. The van der Waals surface area contributed by atoms with Crippen molar-refractivity contribution in [3.8, 4) is 0 Å². The molecule has 4 saturated carbocycles. The summed E-state index contributed by atoms with van der Waals surface area (Å²) in [4.78, 5) is 36.2. The van der Waals surface area contributed by atoms with Crippen molar-refractivity contribution in [2.45, 2.75) is 32.0 Å². The highest BCUT2D eigenvalue weighted by atomic mass is 16.6. The molecule has 128 valence electrons. The second-order valence-corrected chi connectivity index (χ2v) is 8.84. The molecular weight excluding hydrogens is 312 g/mol. The van der Waals surface area contributed by atoms with Crippen molar-refractivity contribution >= 4 is 17.9 Å². The smallest absolute Gasteiger partial charge is 0.317 e. The monoisotopic (exact) mass is 332 g/mol. The first-order valence-corrected chi connectivity index (χ1v) is 9.18. The minimum Gasteiger partial charge on any atom is -0.435 e. The van der Waals surface area contributed by atoms with Crippen LogP contribution in [0.5, 0.6) is 0 Å². The Kier molecular flexibility index (Phi) is 2.42. The molecule has 0 radical (unpaired) electrons. The van der Waals surface area contributed by atoms with Gasteiger partial charge in [0.2, 0.25) is 6.29 Å². The molecule has 0 aromatic heterocycles. The number of esters is 3. The van der Waals surface area contributed by atoms with Gasteiger partial charge in [-0.15, -0.1) is 0 Å². The Balaban J connectivity index is 1.29. The second kappa shape index (κ2) is 4.21. The zero-order chi connectivity index (χ0) is 16.3. The number of rotatable bonds is 1. The maximum Gasteiger partial charge on any atom is 0.317 e. The number of aliphatic hydroxyl groups is 1. The fraction of sp³-hybridized carbons (Fsp3) is 0.833. The van der Waals surface area contributed by atoms with Crippen LogP contribution in [0.1, 0.15) is 25.7 Å². The average Bonchev–Trinajstić information content (AvgIpc) is 3.31. The SMILES string of the molecule is O=C1OC(=O)C2C3CC(CC3C3CC4CC3C3C(=O)OC(O)C43)C12. The van der Waals surface area contributed by atoms with Crippen molar-refractivity contribution in [1.82, 2.24) is 0 Å². The van der Waals surface area contributed by atoms with Gasteiger partial charge in [-0.1, -0.05) is 0 Å². The van der Waals surface area contributed by atoms with Gasteiger partial charge in [-0.3, -0.25) is 14.4 Å². The summed E-state index contributed by atoms with van der Waals surface area (Å²) < 4.78 is 9.98. The first kappa shape index (κ1) is 13.8. The van der Waals surface area contributed by atoms with E-state index in [0.29, 0.717) is 17.8 Å². The summed E-state index contributed by atoms with van der Waals surface area (Å²) in [5.41, 5.74) is 0. The zero-order valence-electron chi connectivity index (χ0n) is 13.2. The molecule has 1 N–H and O–H groups in total. The normalized spacial score (nSPS) is 59.7. The van der Waals surface area contributed by atoms with Crippen molar-refractivity contribution in [2.75, 3.05) is 0 Å². The van der Waals surface area contributed by atoms with Crippen LogP contribution in [0.4, 0.5) is 0 Å². The van der Waals surface area contributed by atoms with Crippen molar-refractivity contribution in [3.05, 3.63) is 0 Å². The third-order valence-electron chi connectivity index (χ3n) is 8.31. The van der Waals surface area contributed by atoms with E-state index in [4.69, 9.17) is 9.47 Å². The molecule has 4 aliphatic carbocycles. The van der Waals surface area contributed by atoms with E-state index >= 15 is 0 Å². The molecule has 0 aromatic carbocycles. The van der Waals surface area contributed by atoms with Gasteiger partial charge in [-0.2, -0.15) is 0 Å². The Morgan fingerprint density at radius 3 is 2.08 bits per heavy atom. The van der Waals surface area contributed by atoms with Gasteiger partial charge in [0.25, 0.3) is 0 Å². The fourth-order valence-electron chi connectivity index (χ4n) is 7.76. The number of aliphatic hydroxyl groups excluding tert-OH is 1. The van der Waals surface area contributed by atoms with Gasteiger partial charge in [0.05, 0.1) is 17.8 Å². The molecular formula is C18H20O6. The quantitative estimate of drug-likeness (QED) is 0.562. The third-order valence-corrected chi connectivity index (χ3v) is 8.31. The molecule has 6 aliphatic rings. The molecule has 0 spiro atoms. The molecule has 4 bridgehead atoms. The maximum absolute atomic E-state index is 12.2. The molecule has 6 heteroatoms. The van der Waals surface area contributed by atoms with Crippen molar-refractivity contribution in [1.29, 1.82) is 0 Å². The standard InChI is InChI=1S/C18H20O6/c19-15-11-5-1-7(9(3-5)13(11)17(21)23-15)8-2-6-4-10(8)14-12(6)16(20)24-18(14)22/h5-15,19H,1-4H2. The van der Waals surface area contributed by atoms with Crippen LogP contribution in [0.25, 0.3) is 0 Å². The summed E-state index contributed by atoms with van der Waals surface area (Å²) in [6.07, 6.45) is 3.03. The predicted octanol–water partition coefficient (Wildman–Crippen LogP) is 0.722. The van der Waals surface area contributed by atoms with Gasteiger partial charge in [0.1, 0.15) is 0 Å². The van der Waals surface area contributed by atoms with Crippen LogP contribution in [-0.4, -0.2) is 29.3 Å². The van der Waals surface area contributed by atoms with E-state index in [2.05, 4.69) is 0 Å². The van der Waals surface area contributed by atoms with Crippen molar-refractivity contribution < 1.29 is 29.0 Å². The highest BCUT2D eigenvalue weighted by Gasteiger charge is 2.68. The Hall–Kier alpha value is -1.43. The first-order chi connectivity index (χ1) is 11.5. The summed E-state index contributed by atoms with van der Waals surface area (Å²) in [6, 6.07) is 0. The Morgan fingerprint density at radius 2 is 1.29 bits per heavy atom. The Morgan fingerprint density at radius 1 is 0.708 bits per heavy atom. The minimum absolute atomic E-state index is 0.0249. The number of fused-ring (bicyclic) bond motifs is 10. The first-order valence-electron chi connectivity index (χ1n) is 9.18. The second-order valence-electron chi connectivity index (χ2n) is 8.84. The van der Waals surface area contributed by atoms with E-state index in [9.17, 15) is 19.5 Å². The minimum atomic E-state index is -0.926. The molecule has 6 fully saturated rings. The number of cyclic esters (lactones) is 3. The molecule has 11 atom stereocenters. The van der Waals surface area contributed by atoms with Gasteiger partial charge in [0.15, 0.2) is 0 Å². The highest BCUT2D eigenvalue weighted by Crippen LogP contribution is 2.67. The largest absolute Gasteiger partial charge is 0.435 e. The van der Waals surface area contributed by atoms with Crippen LogP contribution in [0.3, 0.4) is 0 Å². The van der Waals surface area contributed by atoms with Crippen molar-refractivity contribution in [3.63, 3.8) is 0 Å².